The highest BCUT2D eigenvalue weighted by Crippen LogP contribution is 2.29. The van der Waals surface area contributed by atoms with E-state index in [9.17, 15) is 19.2 Å². The molecule has 174 valence electrons. The van der Waals surface area contributed by atoms with Crippen LogP contribution in [0.4, 0.5) is 0 Å². The number of carbonyl (C=O) groups is 3. The molecule has 1 atom stereocenters. The maximum Gasteiger partial charge on any atom is 0.343 e. The van der Waals surface area contributed by atoms with Crippen molar-refractivity contribution < 1.29 is 23.9 Å². The first-order valence-electron chi connectivity index (χ1n) is 11.0. The van der Waals surface area contributed by atoms with Crippen LogP contribution < -0.4 is 15.6 Å². The van der Waals surface area contributed by atoms with Gasteiger partial charge in [-0.05, 0) is 25.5 Å². The molecule has 9 nitrogen and oxygen atoms in total. The van der Waals surface area contributed by atoms with Gasteiger partial charge >= 0.3 is 5.97 Å². The second-order valence-electron chi connectivity index (χ2n) is 8.43. The fourth-order valence-electron chi connectivity index (χ4n) is 4.45. The van der Waals surface area contributed by atoms with Crippen LogP contribution in [-0.4, -0.2) is 53.6 Å². The summed E-state index contributed by atoms with van der Waals surface area (Å²) in [5.41, 5.74) is 1.83. The van der Waals surface area contributed by atoms with E-state index in [4.69, 9.17) is 9.47 Å². The number of aromatic nitrogens is 1. The van der Waals surface area contributed by atoms with E-state index >= 15 is 0 Å². The molecule has 4 rings (SSSR count). The van der Waals surface area contributed by atoms with Crippen LogP contribution in [0.1, 0.15) is 58.3 Å². The summed E-state index contributed by atoms with van der Waals surface area (Å²) in [6, 6.07) is 8.15. The van der Waals surface area contributed by atoms with Gasteiger partial charge in [0.05, 0.1) is 25.7 Å². The molecular formula is C24H27N3O6. The van der Waals surface area contributed by atoms with Gasteiger partial charge in [0.1, 0.15) is 11.3 Å². The summed E-state index contributed by atoms with van der Waals surface area (Å²) in [6.07, 6.45) is 0.192. The maximum atomic E-state index is 13.1. The van der Waals surface area contributed by atoms with Crippen molar-refractivity contribution in [3.8, 4) is 5.75 Å². The second-order valence-corrected chi connectivity index (χ2v) is 8.43. The van der Waals surface area contributed by atoms with Gasteiger partial charge in [-0.25, -0.2) is 4.79 Å². The molecule has 0 spiro atoms. The molecule has 1 N–H and O–H groups in total. The topological polar surface area (TPSA) is 107 Å². The van der Waals surface area contributed by atoms with E-state index in [1.54, 1.807) is 17.0 Å². The first kappa shape index (κ1) is 22.6. The summed E-state index contributed by atoms with van der Waals surface area (Å²) in [6.45, 7) is 4.52. The number of hydrogen-bond acceptors (Lipinski definition) is 6. The largest absolute Gasteiger partial charge is 0.490 e. The molecule has 0 bridgehead atoms. The van der Waals surface area contributed by atoms with Crippen molar-refractivity contribution in [3.63, 3.8) is 0 Å². The molecule has 3 heterocycles. The number of ether oxygens (including phenoxy) is 2. The Labute approximate surface area is 191 Å². The fourth-order valence-corrected chi connectivity index (χ4v) is 4.45. The molecule has 2 aliphatic rings. The zero-order chi connectivity index (χ0) is 23.7. The lowest BCUT2D eigenvalue weighted by Gasteiger charge is -2.22. The highest BCUT2D eigenvalue weighted by Gasteiger charge is 2.32. The summed E-state index contributed by atoms with van der Waals surface area (Å²) >= 11 is 0. The Morgan fingerprint density at radius 1 is 1.15 bits per heavy atom. The van der Waals surface area contributed by atoms with E-state index < -0.39 is 5.97 Å². The highest BCUT2D eigenvalue weighted by atomic mass is 16.5. The van der Waals surface area contributed by atoms with E-state index in [2.05, 4.69) is 5.32 Å². The standard InChI is InChI=1S/C24H27N3O6/c1-14(2)33-19-13-21(29)27-11-10-26(9-8-18(27)22(19)24(31)32-3)20(28)12-17-15-6-4-5-7-16(15)23(30)25-17/h4-7,13-14,17H,8-12H2,1-3H3,(H,25,30)/t17-/m1/s1. The predicted molar refractivity (Wildman–Crippen MR) is 119 cm³/mol. The zero-order valence-corrected chi connectivity index (χ0v) is 18.9. The van der Waals surface area contributed by atoms with Crippen molar-refractivity contribution in [1.29, 1.82) is 0 Å². The second kappa shape index (κ2) is 9.09. The molecule has 0 fully saturated rings. The Bertz CT molecular complexity index is 1170. The van der Waals surface area contributed by atoms with Crippen molar-refractivity contribution in [1.82, 2.24) is 14.8 Å². The first-order valence-corrected chi connectivity index (χ1v) is 11.0. The quantitative estimate of drug-likeness (QED) is 0.691. The molecule has 0 aliphatic carbocycles. The monoisotopic (exact) mass is 453 g/mol. The minimum Gasteiger partial charge on any atom is -0.490 e. The number of pyridine rings is 1. The number of methoxy groups -OCH3 is 1. The van der Waals surface area contributed by atoms with E-state index in [0.717, 1.165) is 5.56 Å². The Balaban J connectivity index is 1.57. The zero-order valence-electron chi connectivity index (χ0n) is 18.9. The molecule has 9 heteroatoms. The first-order chi connectivity index (χ1) is 15.8. The van der Waals surface area contributed by atoms with Gasteiger partial charge in [-0.2, -0.15) is 0 Å². The Morgan fingerprint density at radius 2 is 1.91 bits per heavy atom. The number of hydrogen-bond donors (Lipinski definition) is 1. The van der Waals surface area contributed by atoms with Crippen LogP contribution in [0.3, 0.4) is 0 Å². The van der Waals surface area contributed by atoms with Gasteiger partial charge < -0.3 is 24.3 Å². The molecule has 1 aromatic heterocycles. The van der Waals surface area contributed by atoms with Crippen LogP contribution in [0, 0.1) is 0 Å². The van der Waals surface area contributed by atoms with Gasteiger partial charge in [-0.1, -0.05) is 18.2 Å². The third-order valence-corrected chi connectivity index (χ3v) is 5.96. The van der Waals surface area contributed by atoms with Crippen LogP contribution in [0.15, 0.2) is 35.1 Å². The number of fused-ring (bicyclic) bond motifs is 2. The molecule has 0 saturated heterocycles. The van der Waals surface area contributed by atoms with E-state index in [1.807, 2.05) is 26.0 Å². The molecule has 2 aliphatic heterocycles. The Morgan fingerprint density at radius 3 is 2.64 bits per heavy atom. The molecule has 2 amide bonds. The van der Waals surface area contributed by atoms with E-state index in [1.165, 1.54) is 17.7 Å². The van der Waals surface area contributed by atoms with Gasteiger partial charge in [0, 0.05) is 43.4 Å². The van der Waals surface area contributed by atoms with E-state index in [0.29, 0.717) is 30.8 Å². The minimum absolute atomic E-state index is 0.125. The molecular weight excluding hydrogens is 426 g/mol. The highest BCUT2D eigenvalue weighted by molar-refractivity contribution is 5.99. The van der Waals surface area contributed by atoms with Crippen LogP contribution in [0.2, 0.25) is 0 Å². The number of carbonyl (C=O) groups excluding carboxylic acids is 3. The number of esters is 1. The average Bonchev–Trinajstić information content (AvgIpc) is 2.95. The van der Waals surface area contributed by atoms with Crippen LogP contribution >= 0.6 is 0 Å². The normalized spacial score (nSPS) is 17.2. The average molecular weight is 453 g/mol. The predicted octanol–water partition coefficient (Wildman–Crippen LogP) is 1.68. The molecule has 0 radical (unpaired) electrons. The van der Waals surface area contributed by atoms with Crippen LogP contribution in [0.5, 0.6) is 5.75 Å². The number of rotatable bonds is 5. The Hall–Kier alpha value is -3.62. The van der Waals surface area contributed by atoms with Crippen molar-refractivity contribution >= 4 is 17.8 Å². The SMILES string of the molecule is COC(=O)c1c(OC(C)C)cc(=O)n2c1CCN(C(=O)C[C@H]1NC(=O)c3ccccc31)CC2. The molecule has 0 saturated carbocycles. The maximum absolute atomic E-state index is 13.1. The fraction of sp³-hybridized carbons (Fsp3) is 0.417. The number of amides is 2. The smallest absolute Gasteiger partial charge is 0.343 e. The van der Waals surface area contributed by atoms with E-state index in [-0.39, 0.29) is 53.8 Å². The van der Waals surface area contributed by atoms with Gasteiger partial charge in [-0.15, -0.1) is 0 Å². The number of nitrogens with zero attached hydrogens (tertiary/aromatic N) is 2. The lowest BCUT2D eigenvalue weighted by atomic mass is 10.0. The summed E-state index contributed by atoms with van der Waals surface area (Å²) in [5.74, 6) is -0.702. The minimum atomic E-state index is -0.584. The summed E-state index contributed by atoms with van der Waals surface area (Å²) in [7, 11) is 1.28. The van der Waals surface area contributed by atoms with Crippen LogP contribution in [-0.2, 0) is 22.5 Å². The van der Waals surface area contributed by atoms with Crippen LogP contribution in [0.25, 0.3) is 0 Å². The molecule has 0 unspecified atom stereocenters. The third-order valence-electron chi connectivity index (χ3n) is 5.96. The van der Waals surface area contributed by atoms with Crippen molar-refractivity contribution in [3.05, 3.63) is 63.1 Å². The summed E-state index contributed by atoms with van der Waals surface area (Å²) in [4.78, 5) is 52.3. The van der Waals surface area contributed by atoms with Crippen molar-refractivity contribution in [2.45, 2.75) is 45.4 Å². The van der Waals surface area contributed by atoms with Crippen molar-refractivity contribution in [2.75, 3.05) is 20.2 Å². The van der Waals surface area contributed by atoms with Crippen molar-refractivity contribution in [2.24, 2.45) is 0 Å². The lowest BCUT2D eigenvalue weighted by Crippen LogP contribution is -2.36. The lowest BCUT2D eigenvalue weighted by molar-refractivity contribution is -0.131. The number of benzene rings is 1. The Kier molecular flexibility index (Phi) is 6.22. The molecule has 2 aromatic rings. The van der Waals surface area contributed by atoms with Gasteiger partial charge in [-0.3, -0.25) is 14.4 Å². The molecule has 33 heavy (non-hydrogen) atoms. The summed E-state index contributed by atoms with van der Waals surface area (Å²) in [5, 5.41) is 2.87. The van der Waals surface area contributed by atoms with Gasteiger partial charge in [0.2, 0.25) is 5.91 Å². The molecule has 1 aromatic carbocycles. The number of nitrogens with one attached hydrogen (secondary N) is 1. The third kappa shape index (κ3) is 4.35. The van der Waals surface area contributed by atoms with Gasteiger partial charge in [0.25, 0.3) is 11.5 Å². The summed E-state index contributed by atoms with van der Waals surface area (Å²) < 4.78 is 12.2. The van der Waals surface area contributed by atoms with Gasteiger partial charge in [0.15, 0.2) is 0 Å².